The molecule has 17 nitrogen and oxygen atoms in total. The van der Waals surface area contributed by atoms with Crippen LogP contribution in [0.15, 0.2) is 47.7 Å². The van der Waals surface area contributed by atoms with Crippen molar-refractivity contribution in [3.8, 4) is 0 Å². The second-order valence-corrected chi connectivity index (χ2v) is 22.0. The number of methoxy groups -OCH3 is 3. The molecule has 0 aromatic carbocycles. The highest BCUT2D eigenvalue weighted by Crippen LogP contribution is 2.39. The highest BCUT2D eigenvalue weighted by atomic mass is 32.2. The van der Waals surface area contributed by atoms with Crippen molar-refractivity contribution < 1.29 is 63.0 Å². The zero-order valence-corrected chi connectivity index (χ0v) is 44.7. The van der Waals surface area contributed by atoms with Gasteiger partial charge < -0.3 is 54.5 Å². The number of carbonyl (C=O) groups is 5. The fourth-order valence-corrected chi connectivity index (χ4v) is 11.8. The number of thioether (sulfide) groups is 1. The van der Waals surface area contributed by atoms with Crippen LogP contribution in [0.1, 0.15) is 112 Å². The van der Waals surface area contributed by atoms with Crippen LogP contribution in [-0.4, -0.2) is 162 Å². The number of aromatic nitrogens is 1. The summed E-state index contributed by atoms with van der Waals surface area (Å²) in [5.74, 6) is -6.01. The van der Waals surface area contributed by atoms with Gasteiger partial charge in [0.05, 0.1) is 43.7 Å². The normalized spacial score (nSPS) is 34.9. The first kappa shape index (κ1) is 59.1. The van der Waals surface area contributed by atoms with Crippen LogP contribution in [-0.2, 0) is 47.7 Å². The minimum absolute atomic E-state index is 0.0246. The smallest absolute Gasteiger partial charge is 0.328 e. The van der Waals surface area contributed by atoms with E-state index in [1.807, 2.05) is 39.0 Å². The number of ether oxygens (including phenoxy) is 5. The number of nitrogens with zero attached hydrogens (tertiary/aromatic N) is 2. The second-order valence-electron chi connectivity index (χ2n) is 20.8. The topological polar surface area (TPSA) is 232 Å². The third-order valence-corrected chi connectivity index (χ3v) is 16.4. The standard InChI is InChI=1S/C54H84N4O13S/c1-33-24-34(2)26-46(68-7)50-47(69-8)28-36(4)54(66,71-50)51(63)52(64)58-21-12-10-15-41(58)53(65)70-32-40(35(3)27-38-17-18-42(59)45(29-38)67-6)37(5)43(60)30-44(61)39(25-33)14-13-22-72-23-20-56-49(62)31-57-48-16-9-11-19-55-48/h9,11,16,19,25,27,34,36-43,45-47,50,59-60,66H,10,12-15,17-18,20-24,26,28-32H2,1-8H3,(H,55,57)(H,56,62)/b33-25+,35-27+/t34-,36+,37-,38-,39+,40+,41-,42+,43-,45+,46-,47-,50+,54+/m0/s1. The SMILES string of the molecule is CO[C@H]1C[C@@H](C)C/C(C)=C/[C@@H](CCCSCCNC(=O)CNc2ccccn2)C(=O)C[C@H](O)[C@@H](C)[C@@H](/C(C)=C/[C@@H]2CC[C@@H](O)[C@H](OC)C2)COC(=O)[C@@H]2CCCCN2C(=O)C(=O)[C@]2(O)O[C@H]1[C@@H](OC)C[C@H]2C. The van der Waals surface area contributed by atoms with E-state index >= 15 is 0 Å². The summed E-state index contributed by atoms with van der Waals surface area (Å²) in [7, 11) is 4.64. The Hall–Kier alpha value is -3.75. The van der Waals surface area contributed by atoms with Crippen LogP contribution < -0.4 is 10.6 Å². The zero-order chi connectivity index (χ0) is 52.5. The molecule has 3 fully saturated rings. The maximum absolute atomic E-state index is 14.5. The number of Topliss-reactive ketones (excluding diaryl/α,β-unsaturated/α-hetero) is 2. The van der Waals surface area contributed by atoms with Gasteiger partial charge in [0.1, 0.15) is 23.7 Å². The van der Waals surface area contributed by atoms with Crippen LogP contribution in [0.25, 0.3) is 0 Å². The summed E-state index contributed by atoms with van der Waals surface area (Å²) < 4.78 is 29.8. The fourth-order valence-electron chi connectivity index (χ4n) is 11.0. The number of carbonyl (C=O) groups excluding carboxylic acids is 5. The molecule has 1 aromatic rings. The highest BCUT2D eigenvalue weighted by Gasteiger charge is 2.56. The molecule has 4 aliphatic rings. The van der Waals surface area contributed by atoms with Crippen LogP contribution in [0, 0.1) is 35.5 Å². The Labute approximate surface area is 431 Å². The molecule has 2 amide bonds. The molecule has 404 valence electrons. The Morgan fingerprint density at radius 1 is 0.944 bits per heavy atom. The quantitative estimate of drug-likeness (QED) is 0.0637. The van der Waals surface area contributed by atoms with Gasteiger partial charge in [-0.2, -0.15) is 11.8 Å². The zero-order valence-electron chi connectivity index (χ0n) is 43.9. The number of aliphatic hydroxyl groups excluding tert-OH is 2. The van der Waals surface area contributed by atoms with E-state index in [0.29, 0.717) is 75.9 Å². The number of nitrogens with one attached hydrogen (secondary N) is 2. The Morgan fingerprint density at radius 3 is 2.39 bits per heavy atom. The van der Waals surface area contributed by atoms with E-state index in [1.165, 1.54) is 19.1 Å². The minimum atomic E-state index is -2.52. The number of esters is 1. The molecular weight excluding hydrogens is 945 g/mol. The molecule has 14 atom stereocenters. The second kappa shape index (κ2) is 28.8. The van der Waals surface area contributed by atoms with E-state index in [-0.39, 0.29) is 68.6 Å². The van der Waals surface area contributed by atoms with Gasteiger partial charge in [0.25, 0.3) is 11.7 Å². The van der Waals surface area contributed by atoms with Gasteiger partial charge >= 0.3 is 5.97 Å². The van der Waals surface area contributed by atoms with Gasteiger partial charge in [0.2, 0.25) is 11.7 Å². The van der Waals surface area contributed by atoms with Crippen molar-refractivity contribution in [3.63, 3.8) is 0 Å². The van der Waals surface area contributed by atoms with Gasteiger partial charge in [-0.25, -0.2) is 9.78 Å². The number of ketones is 2. The van der Waals surface area contributed by atoms with Crippen molar-refractivity contribution in [1.82, 2.24) is 15.2 Å². The first-order valence-electron chi connectivity index (χ1n) is 26.1. The van der Waals surface area contributed by atoms with E-state index in [2.05, 4.69) is 28.6 Å². The number of hydrogen-bond donors (Lipinski definition) is 5. The van der Waals surface area contributed by atoms with Crippen molar-refractivity contribution >= 4 is 46.9 Å². The Morgan fingerprint density at radius 2 is 1.68 bits per heavy atom. The molecule has 18 heteroatoms. The highest BCUT2D eigenvalue weighted by molar-refractivity contribution is 7.99. The molecule has 0 unspecified atom stereocenters. The van der Waals surface area contributed by atoms with Gasteiger partial charge in [-0.3, -0.25) is 19.2 Å². The largest absolute Gasteiger partial charge is 0.464 e. The van der Waals surface area contributed by atoms with Crippen molar-refractivity contribution in [3.05, 3.63) is 47.7 Å². The number of pyridine rings is 1. The summed E-state index contributed by atoms with van der Waals surface area (Å²) >= 11 is 1.69. The molecule has 3 aliphatic heterocycles. The first-order chi connectivity index (χ1) is 34.4. The molecule has 2 bridgehead atoms. The molecule has 5 rings (SSSR count). The molecule has 0 spiro atoms. The van der Waals surface area contributed by atoms with Crippen LogP contribution in [0.5, 0.6) is 0 Å². The van der Waals surface area contributed by atoms with E-state index in [4.69, 9.17) is 23.7 Å². The van der Waals surface area contributed by atoms with Gasteiger partial charge in [-0.1, -0.05) is 50.1 Å². The van der Waals surface area contributed by atoms with Crippen molar-refractivity contribution in [2.45, 2.75) is 160 Å². The van der Waals surface area contributed by atoms with Gasteiger partial charge in [-0.05, 0) is 120 Å². The average Bonchev–Trinajstić information content (AvgIpc) is 3.37. The number of aliphatic hydroxyl groups is 3. The number of cyclic esters (lactones) is 1. The molecule has 2 saturated heterocycles. The molecule has 4 heterocycles. The van der Waals surface area contributed by atoms with Crippen LogP contribution in [0.4, 0.5) is 5.82 Å². The van der Waals surface area contributed by atoms with Crippen molar-refractivity contribution in [2.24, 2.45) is 35.5 Å². The molecule has 1 aromatic heterocycles. The monoisotopic (exact) mass is 1030 g/mol. The number of piperidine rings is 1. The van der Waals surface area contributed by atoms with Crippen LogP contribution in [0.3, 0.4) is 0 Å². The number of amides is 2. The van der Waals surface area contributed by atoms with Gasteiger partial charge in [0, 0.05) is 70.5 Å². The summed E-state index contributed by atoms with van der Waals surface area (Å²) in [6, 6.07) is 4.34. The summed E-state index contributed by atoms with van der Waals surface area (Å²) in [4.78, 5) is 75.1. The van der Waals surface area contributed by atoms with Crippen LogP contribution in [0.2, 0.25) is 0 Å². The van der Waals surface area contributed by atoms with E-state index in [1.54, 1.807) is 38.1 Å². The van der Waals surface area contributed by atoms with E-state index < -0.39 is 83.7 Å². The maximum Gasteiger partial charge on any atom is 0.328 e. The predicted molar refractivity (Wildman–Crippen MR) is 275 cm³/mol. The molecule has 72 heavy (non-hydrogen) atoms. The summed E-state index contributed by atoms with van der Waals surface area (Å²) in [6.07, 6.45) is 7.16. The number of fused-ring (bicyclic) bond motifs is 3. The Kier molecular flexibility index (Phi) is 23.6. The molecular formula is C54H84N4O13S. The number of anilines is 1. The lowest BCUT2D eigenvalue weighted by Gasteiger charge is -2.47. The van der Waals surface area contributed by atoms with E-state index in [0.717, 1.165) is 16.9 Å². The predicted octanol–water partition coefficient (Wildman–Crippen LogP) is 5.45. The first-order valence-corrected chi connectivity index (χ1v) is 27.3. The Bertz CT molecular complexity index is 1990. The van der Waals surface area contributed by atoms with Gasteiger partial charge in [0.15, 0.2) is 0 Å². The maximum atomic E-state index is 14.5. The van der Waals surface area contributed by atoms with Crippen molar-refractivity contribution in [1.29, 1.82) is 0 Å². The summed E-state index contributed by atoms with van der Waals surface area (Å²) in [6.45, 7) is 9.99. The molecule has 0 radical (unpaired) electrons. The van der Waals surface area contributed by atoms with Gasteiger partial charge in [-0.15, -0.1) is 0 Å². The average molecular weight is 1030 g/mol. The number of allylic oxidation sites excluding steroid dienone is 3. The lowest BCUT2D eigenvalue weighted by molar-refractivity contribution is -0.302. The molecule has 5 N–H and O–H groups in total. The lowest BCUT2D eigenvalue weighted by atomic mass is 9.78. The summed E-state index contributed by atoms with van der Waals surface area (Å²) in [5, 5.41) is 40.6. The molecule has 1 saturated carbocycles. The third kappa shape index (κ3) is 16.4. The summed E-state index contributed by atoms with van der Waals surface area (Å²) in [5.41, 5.74) is 1.82. The Balaban J connectivity index is 1.40. The number of hydrogen-bond acceptors (Lipinski definition) is 16. The lowest BCUT2D eigenvalue weighted by Crippen LogP contribution is -2.64. The number of rotatable bonds is 15. The fraction of sp³-hybridized carbons (Fsp3) is 0.741. The van der Waals surface area contributed by atoms with E-state index in [9.17, 15) is 39.3 Å². The molecule has 1 aliphatic carbocycles. The van der Waals surface area contributed by atoms with Crippen LogP contribution >= 0.6 is 11.8 Å². The minimum Gasteiger partial charge on any atom is -0.464 e. The third-order valence-electron chi connectivity index (χ3n) is 15.4. The van der Waals surface area contributed by atoms with Crippen molar-refractivity contribution in [2.75, 3.05) is 64.4 Å².